The van der Waals surface area contributed by atoms with Crippen molar-refractivity contribution in [3.8, 4) is 0 Å². The second-order valence-electron chi connectivity index (χ2n) is 5.36. The molecule has 6 heteroatoms. The van der Waals surface area contributed by atoms with E-state index in [1.807, 2.05) is 19.9 Å². The third-order valence-electron chi connectivity index (χ3n) is 3.30. The van der Waals surface area contributed by atoms with Gasteiger partial charge in [-0.1, -0.05) is 23.3 Å². The molecule has 2 nitrogen and oxygen atoms in total. The van der Waals surface area contributed by atoms with Crippen molar-refractivity contribution in [1.29, 1.82) is 0 Å². The van der Waals surface area contributed by atoms with Crippen LogP contribution in [0.2, 0.25) is 0 Å². The Bertz CT molecular complexity index is 718. The second kappa shape index (κ2) is 6.40. The summed E-state index contributed by atoms with van der Waals surface area (Å²) >= 11 is 0. The van der Waals surface area contributed by atoms with Gasteiger partial charge in [0.05, 0.1) is 5.56 Å². The Morgan fingerprint density at radius 3 is 2.22 bits per heavy atom. The van der Waals surface area contributed by atoms with Crippen LogP contribution in [0.15, 0.2) is 36.4 Å². The lowest BCUT2D eigenvalue weighted by Gasteiger charge is -2.14. The summed E-state index contributed by atoms with van der Waals surface area (Å²) in [6.07, 6.45) is -4.68. The van der Waals surface area contributed by atoms with Crippen LogP contribution in [0.25, 0.3) is 0 Å². The third kappa shape index (κ3) is 4.31. The lowest BCUT2D eigenvalue weighted by molar-refractivity contribution is -0.138. The van der Waals surface area contributed by atoms with Crippen LogP contribution in [-0.2, 0) is 12.7 Å². The van der Waals surface area contributed by atoms with Gasteiger partial charge in [-0.3, -0.25) is 4.79 Å². The molecule has 0 radical (unpaired) electrons. The predicted molar refractivity (Wildman–Crippen MR) is 78.5 cm³/mol. The molecule has 0 atom stereocenters. The maximum Gasteiger partial charge on any atom is 0.416 e. The standard InChI is InChI=1S/C17H15F4NO/c1-10-5-11(2)7-13(6-10)16(23)22-9-12-3-4-14(18)8-15(12)17(19,20)21/h3-8H,9H2,1-2H3,(H,22,23). The third-order valence-corrected chi connectivity index (χ3v) is 3.30. The van der Waals surface area contributed by atoms with E-state index in [-0.39, 0.29) is 12.1 Å². The highest BCUT2D eigenvalue weighted by Crippen LogP contribution is 2.32. The van der Waals surface area contributed by atoms with Crippen molar-refractivity contribution in [2.24, 2.45) is 0 Å². The number of amides is 1. The number of rotatable bonds is 3. The van der Waals surface area contributed by atoms with Crippen LogP contribution in [0.1, 0.15) is 32.6 Å². The summed E-state index contributed by atoms with van der Waals surface area (Å²) in [7, 11) is 0. The first-order valence-electron chi connectivity index (χ1n) is 6.89. The normalized spacial score (nSPS) is 11.4. The van der Waals surface area contributed by atoms with E-state index >= 15 is 0 Å². The van der Waals surface area contributed by atoms with Gasteiger partial charge in [0, 0.05) is 12.1 Å². The first-order chi connectivity index (χ1) is 10.7. The predicted octanol–water partition coefficient (Wildman–Crippen LogP) is 4.39. The van der Waals surface area contributed by atoms with Crippen LogP contribution in [0.5, 0.6) is 0 Å². The van der Waals surface area contributed by atoms with Gasteiger partial charge in [-0.2, -0.15) is 13.2 Å². The van der Waals surface area contributed by atoms with E-state index in [4.69, 9.17) is 0 Å². The second-order valence-corrected chi connectivity index (χ2v) is 5.36. The van der Waals surface area contributed by atoms with Crippen molar-refractivity contribution in [3.05, 3.63) is 70.0 Å². The number of hydrogen-bond donors (Lipinski definition) is 1. The van der Waals surface area contributed by atoms with Crippen molar-refractivity contribution in [1.82, 2.24) is 5.32 Å². The molecule has 23 heavy (non-hydrogen) atoms. The Morgan fingerprint density at radius 2 is 1.65 bits per heavy atom. The van der Waals surface area contributed by atoms with E-state index in [0.717, 1.165) is 23.3 Å². The lowest BCUT2D eigenvalue weighted by Crippen LogP contribution is -2.24. The van der Waals surface area contributed by atoms with Gasteiger partial charge in [0.2, 0.25) is 0 Å². The highest BCUT2D eigenvalue weighted by molar-refractivity contribution is 5.94. The van der Waals surface area contributed by atoms with Crippen molar-refractivity contribution in [2.45, 2.75) is 26.6 Å². The molecule has 0 saturated carbocycles. The van der Waals surface area contributed by atoms with E-state index in [1.165, 1.54) is 0 Å². The van der Waals surface area contributed by atoms with Gasteiger partial charge in [-0.15, -0.1) is 0 Å². The maximum absolute atomic E-state index is 13.0. The van der Waals surface area contributed by atoms with Crippen molar-refractivity contribution in [2.75, 3.05) is 0 Å². The Kier molecular flexibility index (Phi) is 4.73. The van der Waals surface area contributed by atoms with E-state index in [1.54, 1.807) is 12.1 Å². The average Bonchev–Trinajstić information content (AvgIpc) is 2.43. The smallest absolute Gasteiger partial charge is 0.348 e. The molecule has 2 aromatic rings. The van der Waals surface area contributed by atoms with Crippen LogP contribution in [0.4, 0.5) is 17.6 Å². The highest BCUT2D eigenvalue weighted by Gasteiger charge is 2.33. The van der Waals surface area contributed by atoms with Crippen molar-refractivity contribution in [3.63, 3.8) is 0 Å². The zero-order valence-corrected chi connectivity index (χ0v) is 12.6. The molecule has 0 aromatic heterocycles. The highest BCUT2D eigenvalue weighted by atomic mass is 19.4. The number of carbonyl (C=O) groups excluding carboxylic acids is 1. The maximum atomic E-state index is 13.0. The Hall–Kier alpha value is -2.37. The summed E-state index contributed by atoms with van der Waals surface area (Å²) in [6.45, 7) is 3.32. The summed E-state index contributed by atoms with van der Waals surface area (Å²) in [4.78, 5) is 12.1. The zero-order chi connectivity index (χ0) is 17.2. The van der Waals surface area contributed by atoms with Crippen molar-refractivity contribution >= 4 is 5.91 Å². The van der Waals surface area contributed by atoms with Gasteiger partial charge in [0.15, 0.2) is 0 Å². The van der Waals surface area contributed by atoms with E-state index < -0.39 is 23.5 Å². The minimum Gasteiger partial charge on any atom is -0.348 e. The number of aryl methyl sites for hydroxylation is 2. The van der Waals surface area contributed by atoms with E-state index in [0.29, 0.717) is 11.6 Å². The van der Waals surface area contributed by atoms with Gasteiger partial charge in [0.1, 0.15) is 5.82 Å². The molecule has 122 valence electrons. The lowest BCUT2D eigenvalue weighted by atomic mass is 10.1. The van der Waals surface area contributed by atoms with Crippen LogP contribution in [-0.4, -0.2) is 5.91 Å². The number of nitrogens with one attached hydrogen (secondary N) is 1. The SMILES string of the molecule is Cc1cc(C)cc(C(=O)NCc2ccc(F)cc2C(F)(F)F)c1. The summed E-state index contributed by atoms with van der Waals surface area (Å²) in [5.41, 5.74) is 0.869. The fraction of sp³-hybridized carbons (Fsp3) is 0.235. The molecule has 0 aliphatic heterocycles. The monoisotopic (exact) mass is 325 g/mol. The average molecular weight is 325 g/mol. The number of alkyl halides is 3. The molecule has 0 unspecified atom stereocenters. The van der Waals surface area contributed by atoms with Crippen LogP contribution in [0.3, 0.4) is 0 Å². The van der Waals surface area contributed by atoms with Crippen LogP contribution >= 0.6 is 0 Å². The Morgan fingerprint density at radius 1 is 1.04 bits per heavy atom. The topological polar surface area (TPSA) is 29.1 Å². The Balaban J connectivity index is 2.19. The molecule has 2 aromatic carbocycles. The van der Waals surface area contributed by atoms with Crippen LogP contribution < -0.4 is 5.32 Å². The van der Waals surface area contributed by atoms with Gasteiger partial charge >= 0.3 is 6.18 Å². The fourth-order valence-corrected chi connectivity index (χ4v) is 2.35. The Labute approximate surface area is 131 Å². The molecule has 0 spiro atoms. The molecule has 2 rings (SSSR count). The van der Waals surface area contributed by atoms with E-state index in [9.17, 15) is 22.4 Å². The molecule has 0 aliphatic carbocycles. The summed E-state index contributed by atoms with van der Waals surface area (Å²) in [6, 6.07) is 7.58. The first kappa shape index (κ1) is 17.0. The number of benzene rings is 2. The molecule has 0 heterocycles. The fourth-order valence-electron chi connectivity index (χ4n) is 2.35. The molecule has 1 amide bonds. The summed E-state index contributed by atoms with van der Waals surface area (Å²) in [5, 5.41) is 2.44. The minimum atomic E-state index is -4.68. The van der Waals surface area contributed by atoms with Crippen LogP contribution in [0, 0.1) is 19.7 Å². The molecule has 0 saturated heterocycles. The van der Waals surface area contributed by atoms with Gasteiger partial charge in [0.25, 0.3) is 5.91 Å². The quantitative estimate of drug-likeness (QED) is 0.833. The number of carbonyl (C=O) groups is 1. The van der Waals surface area contributed by atoms with Gasteiger partial charge < -0.3 is 5.32 Å². The molecule has 0 fully saturated rings. The molecule has 0 bridgehead atoms. The molecule has 0 aliphatic rings. The minimum absolute atomic E-state index is 0.184. The van der Waals surface area contributed by atoms with Gasteiger partial charge in [-0.25, -0.2) is 4.39 Å². The number of hydrogen-bond acceptors (Lipinski definition) is 1. The van der Waals surface area contributed by atoms with Gasteiger partial charge in [-0.05, 0) is 43.7 Å². The summed E-state index contributed by atoms with van der Waals surface area (Å²) < 4.78 is 51.7. The number of halogens is 4. The zero-order valence-electron chi connectivity index (χ0n) is 12.6. The largest absolute Gasteiger partial charge is 0.416 e. The molecule has 1 N–H and O–H groups in total. The summed E-state index contributed by atoms with van der Waals surface area (Å²) in [5.74, 6) is -1.45. The molecular formula is C17H15F4NO. The van der Waals surface area contributed by atoms with E-state index in [2.05, 4.69) is 5.32 Å². The first-order valence-corrected chi connectivity index (χ1v) is 6.89. The van der Waals surface area contributed by atoms with Crippen molar-refractivity contribution < 1.29 is 22.4 Å². The molecular weight excluding hydrogens is 310 g/mol.